The summed E-state index contributed by atoms with van der Waals surface area (Å²) in [6, 6.07) is -1.24. The fraction of sp³-hybridized carbons (Fsp3) is 0.636. The third kappa shape index (κ3) is 3.31. The number of carbonyl (C=O) groups is 2. The minimum atomic E-state index is -1.23. The van der Waals surface area contributed by atoms with E-state index in [0.29, 0.717) is 5.89 Å². The summed E-state index contributed by atoms with van der Waals surface area (Å²) >= 11 is 0. The van der Waals surface area contributed by atoms with Crippen LogP contribution in [0.1, 0.15) is 41.8 Å². The van der Waals surface area contributed by atoms with Gasteiger partial charge in [-0.3, -0.25) is 4.79 Å². The number of carboxylic acids is 1. The molecular formula is C11H16N4O5. The molecule has 0 aliphatic carbocycles. The lowest BCUT2D eigenvalue weighted by molar-refractivity contribution is -0.139. The zero-order valence-corrected chi connectivity index (χ0v) is 10.7. The Labute approximate surface area is 114 Å². The van der Waals surface area contributed by atoms with Crippen molar-refractivity contribution in [1.29, 1.82) is 0 Å². The number of hydrogen-bond acceptors (Lipinski definition) is 7. The van der Waals surface area contributed by atoms with Crippen molar-refractivity contribution in [2.75, 3.05) is 13.2 Å². The molecule has 4 N–H and O–H groups in total. The molecule has 9 heteroatoms. The quantitative estimate of drug-likeness (QED) is 0.525. The van der Waals surface area contributed by atoms with E-state index in [1.807, 2.05) is 0 Å². The van der Waals surface area contributed by atoms with Gasteiger partial charge in [0.2, 0.25) is 5.89 Å². The van der Waals surface area contributed by atoms with Crippen LogP contribution < -0.4 is 10.6 Å². The van der Waals surface area contributed by atoms with Gasteiger partial charge < -0.3 is 25.4 Å². The van der Waals surface area contributed by atoms with E-state index in [4.69, 9.17) is 14.7 Å². The molecule has 2 rings (SSSR count). The summed E-state index contributed by atoms with van der Waals surface area (Å²) in [6.07, 6.45) is 1.76. The van der Waals surface area contributed by atoms with Crippen LogP contribution >= 0.6 is 0 Å². The summed E-state index contributed by atoms with van der Waals surface area (Å²) in [5, 5.41) is 26.5. The Kier molecular flexibility index (Phi) is 4.64. The molecular weight excluding hydrogens is 268 g/mol. The summed E-state index contributed by atoms with van der Waals surface area (Å²) in [7, 11) is 0. The van der Waals surface area contributed by atoms with Crippen LogP contribution in [0.15, 0.2) is 4.52 Å². The predicted molar refractivity (Wildman–Crippen MR) is 64.9 cm³/mol. The Bertz CT molecular complexity index is 483. The highest BCUT2D eigenvalue weighted by molar-refractivity contribution is 5.93. The number of carboxylic acid groups (broad SMARTS) is 1. The second-order valence-corrected chi connectivity index (χ2v) is 4.48. The minimum absolute atomic E-state index is 0.0586. The average Bonchev–Trinajstić information content (AvgIpc) is 3.08. The van der Waals surface area contributed by atoms with E-state index in [9.17, 15) is 9.59 Å². The standard InChI is InChI=1S/C11H16N4O5/c16-5-3-7(11(18)19)13-9(17)8-14-10(20-15-8)6-2-1-4-12-6/h6-7,12,16H,1-5H2,(H,13,17)(H,18,19)/t6?,7-/m0/s1. The smallest absolute Gasteiger partial charge is 0.326 e. The lowest BCUT2D eigenvalue weighted by Gasteiger charge is -2.11. The number of aromatic nitrogens is 2. The Morgan fingerprint density at radius 1 is 1.55 bits per heavy atom. The number of carbonyl (C=O) groups excluding carboxylic acids is 1. The monoisotopic (exact) mass is 284 g/mol. The first-order valence-corrected chi connectivity index (χ1v) is 6.33. The van der Waals surface area contributed by atoms with Gasteiger partial charge in [0.15, 0.2) is 0 Å². The Balaban J connectivity index is 1.99. The van der Waals surface area contributed by atoms with E-state index in [1.54, 1.807) is 0 Å². The predicted octanol–water partition coefficient (Wildman–Crippen LogP) is -0.940. The lowest BCUT2D eigenvalue weighted by atomic mass is 10.2. The van der Waals surface area contributed by atoms with Crippen LogP contribution in [-0.2, 0) is 4.79 Å². The van der Waals surface area contributed by atoms with Gasteiger partial charge in [0.25, 0.3) is 11.7 Å². The van der Waals surface area contributed by atoms with Gasteiger partial charge in [-0.1, -0.05) is 5.16 Å². The maximum Gasteiger partial charge on any atom is 0.326 e. The molecule has 1 saturated heterocycles. The number of hydrogen-bond donors (Lipinski definition) is 4. The number of aliphatic hydroxyl groups excluding tert-OH is 1. The van der Waals surface area contributed by atoms with Crippen molar-refractivity contribution in [2.45, 2.75) is 31.3 Å². The van der Waals surface area contributed by atoms with Gasteiger partial charge in [0.1, 0.15) is 6.04 Å². The molecule has 0 aromatic carbocycles. The van der Waals surface area contributed by atoms with Gasteiger partial charge >= 0.3 is 5.97 Å². The molecule has 1 unspecified atom stereocenters. The molecule has 1 amide bonds. The van der Waals surface area contributed by atoms with Crippen molar-refractivity contribution in [1.82, 2.24) is 20.8 Å². The van der Waals surface area contributed by atoms with Crippen LogP contribution in [0.25, 0.3) is 0 Å². The first-order valence-electron chi connectivity index (χ1n) is 6.33. The topological polar surface area (TPSA) is 138 Å². The van der Waals surface area contributed by atoms with Gasteiger partial charge in [-0.05, 0) is 19.4 Å². The van der Waals surface area contributed by atoms with Gasteiger partial charge in [0, 0.05) is 13.0 Å². The number of rotatable bonds is 6. The molecule has 9 nitrogen and oxygen atoms in total. The largest absolute Gasteiger partial charge is 0.480 e. The molecule has 0 bridgehead atoms. The number of aliphatic hydroxyl groups is 1. The highest BCUT2D eigenvalue weighted by Gasteiger charge is 2.26. The van der Waals surface area contributed by atoms with Gasteiger partial charge in [-0.15, -0.1) is 0 Å². The van der Waals surface area contributed by atoms with Crippen LogP contribution in [0.4, 0.5) is 0 Å². The summed E-state index contributed by atoms with van der Waals surface area (Å²) in [4.78, 5) is 26.6. The van der Waals surface area contributed by atoms with Crippen molar-refractivity contribution in [3.8, 4) is 0 Å². The summed E-state index contributed by atoms with van der Waals surface area (Å²) in [5.41, 5.74) is 0. The van der Waals surface area contributed by atoms with Crippen molar-refractivity contribution in [3.63, 3.8) is 0 Å². The fourth-order valence-corrected chi connectivity index (χ4v) is 1.97. The second-order valence-electron chi connectivity index (χ2n) is 4.48. The fourth-order valence-electron chi connectivity index (χ4n) is 1.97. The Morgan fingerprint density at radius 2 is 2.35 bits per heavy atom. The third-order valence-electron chi connectivity index (χ3n) is 3.02. The number of amides is 1. The highest BCUT2D eigenvalue weighted by Crippen LogP contribution is 2.20. The van der Waals surface area contributed by atoms with E-state index >= 15 is 0 Å². The van der Waals surface area contributed by atoms with Crippen molar-refractivity contribution in [3.05, 3.63) is 11.7 Å². The van der Waals surface area contributed by atoms with Crippen molar-refractivity contribution in [2.24, 2.45) is 0 Å². The number of nitrogens with zero attached hydrogens (tertiary/aromatic N) is 2. The summed E-state index contributed by atoms with van der Waals surface area (Å²) in [6.45, 7) is 0.507. The van der Waals surface area contributed by atoms with Crippen LogP contribution in [-0.4, -0.2) is 51.4 Å². The van der Waals surface area contributed by atoms with Crippen molar-refractivity contribution < 1.29 is 24.3 Å². The molecule has 20 heavy (non-hydrogen) atoms. The zero-order chi connectivity index (χ0) is 14.5. The van der Waals surface area contributed by atoms with Crippen LogP contribution in [0.5, 0.6) is 0 Å². The van der Waals surface area contributed by atoms with Crippen LogP contribution in [0.2, 0.25) is 0 Å². The number of aliphatic carboxylic acids is 1. The normalized spacial score (nSPS) is 19.8. The molecule has 1 aliphatic heterocycles. The molecule has 2 heterocycles. The Hall–Kier alpha value is -2.00. The van der Waals surface area contributed by atoms with Crippen LogP contribution in [0, 0.1) is 0 Å². The molecule has 0 radical (unpaired) electrons. The molecule has 1 aromatic rings. The maximum absolute atomic E-state index is 11.8. The molecule has 1 aromatic heterocycles. The Morgan fingerprint density at radius 3 is 2.95 bits per heavy atom. The van der Waals surface area contributed by atoms with Gasteiger partial charge in [-0.2, -0.15) is 4.98 Å². The molecule has 2 atom stereocenters. The van der Waals surface area contributed by atoms with E-state index in [0.717, 1.165) is 19.4 Å². The zero-order valence-electron chi connectivity index (χ0n) is 10.7. The molecule has 0 spiro atoms. The summed E-state index contributed by atoms with van der Waals surface area (Å²) in [5.74, 6) is -1.85. The van der Waals surface area contributed by atoms with Crippen molar-refractivity contribution >= 4 is 11.9 Å². The van der Waals surface area contributed by atoms with E-state index in [-0.39, 0.29) is 24.9 Å². The minimum Gasteiger partial charge on any atom is -0.480 e. The van der Waals surface area contributed by atoms with E-state index < -0.39 is 17.9 Å². The van der Waals surface area contributed by atoms with Gasteiger partial charge in [-0.25, -0.2) is 4.79 Å². The third-order valence-corrected chi connectivity index (χ3v) is 3.02. The molecule has 1 fully saturated rings. The van der Waals surface area contributed by atoms with E-state index in [2.05, 4.69) is 20.8 Å². The van der Waals surface area contributed by atoms with Crippen LogP contribution in [0.3, 0.4) is 0 Å². The molecule has 110 valence electrons. The second kappa shape index (κ2) is 6.44. The lowest BCUT2D eigenvalue weighted by Crippen LogP contribution is -2.41. The SMILES string of the molecule is O=C(N[C@@H](CCO)C(=O)O)c1noc(C2CCCN2)n1. The molecule has 1 aliphatic rings. The number of nitrogens with one attached hydrogen (secondary N) is 2. The van der Waals surface area contributed by atoms with E-state index in [1.165, 1.54) is 0 Å². The summed E-state index contributed by atoms with van der Waals surface area (Å²) < 4.78 is 4.99. The average molecular weight is 284 g/mol. The van der Waals surface area contributed by atoms with Gasteiger partial charge in [0.05, 0.1) is 6.04 Å². The molecule has 0 saturated carbocycles. The highest BCUT2D eigenvalue weighted by atomic mass is 16.5. The maximum atomic E-state index is 11.8. The first kappa shape index (κ1) is 14.4. The first-order chi connectivity index (χ1) is 9.61.